The fourth-order valence-electron chi connectivity index (χ4n) is 2.66. The molecule has 3 rings (SSSR count). The average molecular weight is 511 g/mol. The van der Waals surface area contributed by atoms with Crippen molar-refractivity contribution in [2.24, 2.45) is 0 Å². The average Bonchev–Trinajstić information content (AvgIpc) is 2.74. The molecule has 0 spiro atoms. The summed E-state index contributed by atoms with van der Waals surface area (Å²) < 4.78 is 38.6. The number of ether oxygens (including phenoxy) is 2. The standard InChI is InChI=1S/C21H17BrClNO5S/c1-28-20-12-11-15(13-18(20)23)24(30(26,27)16-7-3-2-4-8-16)21(25)14-29-19-10-6-5-9-17(19)22/h2-13H,14H2,1H3. The molecule has 0 unspecified atom stereocenters. The molecule has 0 fully saturated rings. The SMILES string of the molecule is COc1ccc(N(C(=O)COc2ccccc2Br)S(=O)(=O)c2ccccc2)cc1Cl. The van der Waals surface area contributed by atoms with Crippen LogP contribution in [0.2, 0.25) is 5.02 Å². The van der Waals surface area contributed by atoms with E-state index in [2.05, 4.69) is 15.9 Å². The lowest BCUT2D eigenvalue weighted by molar-refractivity contribution is -0.119. The number of hydrogen-bond acceptors (Lipinski definition) is 5. The third-order valence-electron chi connectivity index (χ3n) is 4.07. The lowest BCUT2D eigenvalue weighted by Crippen LogP contribution is -2.40. The summed E-state index contributed by atoms with van der Waals surface area (Å²) in [4.78, 5) is 13.0. The molecule has 0 aliphatic carbocycles. The molecule has 6 nitrogen and oxygen atoms in total. The van der Waals surface area contributed by atoms with E-state index in [0.29, 0.717) is 20.3 Å². The van der Waals surface area contributed by atoms with Crippen LogP contribution >= 0.6 is 27.5 Å². The van der Waals surface area contributed by atoms with Crippen molar-refractivity contribution in [3.05, 3.63) is 82.3 Å². The lowest BCUT2D eigenvalue weighted by Gasteiger charge is -2.23. The first-order valence-corrected chi connectivity index (χ1v) is 11.3. The highest BCUT2D eigenvalue weighted by Gasteiger charge is 2.32. The molecule has 3 aromatic rings. The molecule has 30 heavy (non-hydrogen) atoms. The van der Waals surface area contributed by atoms with Crippen LogP contribution in [0.25, 0.3) is 0 Å². The number of carbonyl (C=O) groups excluding carboxylic acids is 1. The van der Waals surface area contributed by atoms with E-state index in [1.54, 1.807) is 42.5 Å². The number of rotatable bonds is 7. The highest BCUT2D eigenvalue weighted by atomic mass is 79.9. The summed E-state index contributed by atoms with van der Waals surface area (Å²) in [5, 5.41) is 0.169. The Morgan fingerprint density at radius 2 is 1.67 bits per heavy atom. The zero-order valence-electron chi connectivity index (χ0n) is 15.8. The van der Waals surface area contributed by atoms with E-state index in [1.807, 2.05) is 0 Å². The zero-order valence-corrected chi connectivity index (χ0v) is 18.9. The first-order valence-electron chi connectivity index (χ1n) is 8.68. The molecule has 156 valence electrons. The fraction of sp³-hybridized carbons (Fsp3) is 0.0952. The Balaban J connectivity index is 2.00. The van der Waals surface area contributed by atoms with Gasteiger partial charge in [0.05, 0.1) is 27.2 Å². The molecule has 0 bridgehead atoms. The maximum Gasteiger partial charge on any atom is 0.278 e. The van der Waals surface area contributed by atoms with Crippen LogP contribution in [-0.2, 0) is 14.8 Å². The number of amides is 1. The topological polar surface area (TPSA) is 72.9 Å². The molecular weight excluding hydrogens is 494 g/mol. The van der Waals surface area contributed by atoms with Gasteiger partial charge in [-0.15, -0.1) is 0 Å². The van der Waals surface area contributed by atoms with Crippen LogP contribution in [-0.4, -0.2) is 28.0 Å². The van der Waals surface area contributed by atoms with Crippen LogP contribution in [0.1, 0.15) is 0 Å². The molecule has 0 radical (unpaired) electrons. The van der Waals surface area contributed by atoms with Crippen molar-refractivity contribution < 1.29 is 22.7 Å². The van der Waals surface area contributed by atoms with Crippen molar-refractivity contribution in [2.75, 3.05) is 18.0 Å². The molecule has 0 saturated heterocycles. The van der Waals surface area contributed by atoms with Gasteiger partial charge in [0.2, 0.25) is 0 Å². The van der Waals surface area contributed by atoms with Gasteiger partial charge in [-0.3, -0.25) is 4.79 Å². The van der Waals surface area contributed by atoms with E-state index < -0.39 is 22.5 Å². The van der Waals surface area contributed by atoms with E-state index >= 15 is 0 Å². The quantitative estimate of drug-likeness (QED) is 0.451. The second kappa shape index (κ2) is 9.51. The van der Waals surface area contributed by atoms with Crippen LogP contribution in [0.3, 0.4) is 0 Å². The molecule has 3 aromatic carbocycles. The number of sulfonamides is 1. The normalized spacial score (nSPS) is 11.0. The third kappa shape index (κ3) is 4.77. The van der Waals surface area contributed by atoms with Crippen molar-refractivity contribution in [1.82, 2.24) is 0 Å². The highest BCUT2D eigenvalue weighted by Crippen LogP contribution is 2.32. The van der Waals surface area contributed by atoms with Crippen molar-refractivity contribution in [3.63, 3.8) is 0 Å². The molecule has 0 heterocycles. The van der Waals surface area contributed by atoms with Crippen molar-refractivity contribution in [3.8, 4) is 11.5 Å². The minimum atomic E-state index is -4.21. The summed E-state index contributed by atoms with van der Waals surface area (Å²) in [7, 11) is -2.77. The van der Waals surface area contributed by atoms with Gasteiger partial charge < -0.3 is 9.47 Å². The van der Waals surface area contributed by atoms with Gasteiger partial charge in [-0.1, -0.05) is 41.9 Å². The Hall–Kier alpha value is -2.55. The third-order valence-corrected chi connectivity index (χ3v) is 6.78. The number of anilines is 1. The summed E-state index contributed by atoms with van der Waals surface area (Å²) in [6.45, 7) is -0.502. The molecule has 0 N–H and O–H groups in total. The van der Waals surface area contributed by atoms with Gasteiger partial charge in [0, 0.05) is 0 Å². The predicted molar refractivity (Wildman–Crippen MR) is 119 cm³/mol. The fourth-order valence-corrected chi connectivity index (χ4v) is 4.73. The van der Waals surface area contributed by atoms with Gasteiger partial charge in [-0.2, -0.15) is 4.31 Å². The summed E-state index contributed by atoms with van der Waals surface area (Å²) >= 11 is 9.50. The van der Waals surface area contributed by atoms with Gasteiger partial charge in [0.1, 0.15) is 11.5 Å². The predicted octanol–water partition coefficient (Wildman–Crippen LogP) is 4.91. The number of methoxy groups -OCH3 is 1. The van der Waals surface area contributed by atoms with Gasteiger partial charge in [-0.25, -0.2) is 8.42 Å². The Labute approximate surface area is 188 Å². The molecule has 0 aromatic heterocycles. The first-order chi connectivity index (χ1) is 14.3. The molecule has 1 amide bonds. The molecule has 0 aliphatic heterocycles. The number of halogens is 2. The second-order valence-electron chi connectivity index (χ2n) is 6.01. The molecule has 0 saturated carbocycles. The number of hydrogen-bond donors (Lipinski definition) is 0. The van der Waals surface area contributed by atoms with E-state index in [1.165, 1.54) is 37.4 Å². The minimum Gasteiger partial charge on any atom is -0.495 e. The molecule has 9 heteroatoms. The van der Waals surface area contributed by atoms with E-state index in [9.17, 15) is 13.2 Å². The van der Waals surface area contributed by atoms with Gasteiger partial charge in [-0.05, 0) is 58.4 Å². The zero-order chi connectivity index (χ0) is 21.7. The molecule has 0 aliphatic rings. The summed E-state index contributed by atoms with van der Waals surface area (Å²) in [5.74, 6) is -0.0131. The van der Waals surface area contributed by atoms with E-state index in [4.69, 9.17) is 21.1 Å². The van der Waals surface area contributed by atoms with E-state index in [0.717, 1.165) is 0 Å². The number of nitrogens with zero attached hydrogens (tertiary/aromatic N) is 1. The van der Waals surface area contributed by atoms with Gasteiger partial charge >= 0.3 is 0 Å². The smallest absolute Gasteiger partial charge is 0.278 e. The van der Waals surface area contributed by atoms with E-state index in [-0.39, 0.29) is 15.6 Å². The Morgan fingerprint density at radius 1 is 1.00 bits per heavy atom. The monoisotopic (exact) mass is 509 g/mol. The van der Waals surface area contributed by atoms with Crippen LogP contribution < -0.4 is 13.8 Å². The largest absolute Gasteiger partial charge is 0.495 e. The highest BCUT2D eigenvalue weighted by molar-refractivity contribution is 9.10. The van der Waals surface area contributed by atoms with Crippen molar-refractivity contribution >= 4 is 49.1 Å². The van der Waals surface area contributed by atoms with Crippen LogP contribution in [0.5, 0.6) is 11.5 Å². The Kier molecular flexibility index (Phi) is 7.02. The maximum absolute atomic E-state index is 13.3. The second-order valence-corrected chi connectivity index (χ2v) is 9.06. The first kappa shape index (κ1) is 22.1. The lowest BCUT2D eigenvalue weighted by atomic mass is 10.3. The number of para-hydroxylation sites is 1. The summed E-state index contributed by atoms with van der Waals surface area (Å²) in [5.41, 5.74) is 0.0744. The van der Waals surface area contributed by atoms with Crippen molar-refractivity contribution in [2.45, 2.75) is 4.90 Å². The number of carbonyl (C=O) groups is 1. The van der Waals surface area contributed by atoms with Crippen LogP contribution in [0, 0.1) is 0 Å². The molecular formula is C21H17BrClNO5S. The van der Waals surface area contributed by atoms with Crippen LogP contribution in [0.4, 0.5) is 5.69 Å². The van der Waals surface area contributed by atoms with Gasteiger partial charge in [0.15, 0.2) is 6.61 Å². The minimum absolute atomic E-state index is 0.0359. The van der Waals surface area contributed by atoms with Crippen molar-refractivity contribution in [1.29, 1.82) is 0 Å². The Bertz CT molecular complexity index is 1160. The van der Waals surface area contributed by atoms with Crippen LogP contribution in [0.15, 0.2) is 82.2 Å². The summed E-state index contributed by atoms with van der Waals surface area (Å²) in [6.07, 6.45) is 0. The summed E-state index contributed by atoms with van der Waals surface area (Å²) in [6, 6.07) is 18.9. The maximum atomic E-state index is 13.3. The Morgan fingerprint density at radius 3 is 2.30 bits per heavy atom. The number of benzene rings is 3. The van der Waals surface area contributed by atoms with Gasteiger partial charge in [0.25, 0.3) is 15.9 Å². The molecule has 0 atom stereocenters.